The van der Waals surface area contributed by atoms with E-state index in [4.69, 9.17) is 4.74 Å². The van der Waals surface area contributed by atoms with Gasteiger partial charge in [-0.1, -0.05) is 36.4 Å². The number of hydrogen-bond acceptors (Lipinski definition) is 5. The lowest BCUT2D eigenvalue weighted by atomic mass is 9.86. The second-order valence-electron chi connectivity index (χ2n) is 9.45. The van der Waals surface area contributed by atoms with Crippen LogP contribution in [0.3, 0.4) is 0 Å². The van der Waals surface area contributed by atoms with Gasteiger partial charge in [0.15, 0.2) is 0 Å². The van der Waals surface area contributed by atoms with Gasteiger partial charge in [-0.25, -0.2) is 0 Å². The molecule has 5 rings (SSSR count). The summed E-state index contributed by atoms with van der Waals surface area (Å²) in [5.74, 6) is 0.917. The van der Waals surface area contributed by atoms with Gasteiger partial charge in [-0.05, 0) is 74.3 Å². The van der Waals surface area contributed by atoms with E-state index in [1.165, 1.54) is 29.9 Å². The lowest BCUT2D eigenvalue weighted by Gasteiger charge is -2.45. The summed E-state index contributed by atoms with van der Waals surface area (Å²) in [6.07, 6.45) is 3.55. The van der Waals surface area contributed by atoms with E-state index in [-0.39, 0.29) is 5.54 Å². The number of rotatable bonds is 8. The number of nitrogens with one attached hydrogen (secondary N) is 1. The average molecular weight is 457 g/mol. The van der Waals surface area contributed by atoms with Crippen LogP contribution in [0.4, 0.5) is 17.1 Å². The van der Waals surface area contributed by atoms with Crippen LogP contribution in [0.5, 0.6) is 5.75 Å². The standard InChI is InChI=1S/C29H36N4O/c1-34-28-15-13-27(14-16-28)33-24-30-23-29(33)17-21-31(22-18-29)19-8-20-32(25-9-4-2-5-10-25)26-11-6-3-7-12-26/h2-7,9-16,30H,8,17-24H2,1H3. The molecule has 0 radical (unpaired) electrons. The van der Waals surface area contributed by atoms with Crippen molar-refractivity contribution in [3.8, 4) is 5.75 Å². The van der Waals surface area contributed by atoms with Crippen molar-refractivity contribution in [2.45, 2.75) is 24.8 Å². The Labute approximate surface area is 203 Å². The summed E-state index contributed by atoms with van der Waals surface area (Å²) in [6.45, 7) is 6.48. The molecule has 3 aromatic carbocycles. The van der Waals surface area contributed by atoms with Gasteiger partial charge in [0.2, 0.25) is 0 Å². The molecule has 0 atom stereocenters. The molecule has 0 amide bonds. The molecule has 2 heterocycles. The van der Waals surface area contributed by atoms with Crippen LogP contribution in [0, 0.1) is 0 Å². The fraction of sp³-hybridized carbons (Fsp3) is 0.379. The summed E-state index contributed by atoms with van der Waals surface area (Å²) in [5.41, 5.74) is 4.04. The first-order valence-corrected chi connectivity index (χ1v) is 12.5. The van der Waals surface area contributed by atoms with Crippen LogP contribution in [0.25, 0.3) is 0 Å². The Kier molecular flexibility index (Phi) is 7.02. The summed E-state index contributed by atoms with van der Waals surface area (Å²) >= 11 is 0. The summed E-state index contributed by atoms with van der Waals surface area (Å²) in [4.78, 5) is 7.68. The first-order valence-electron chi connectivity index (χ1n) is 12.5. The third-order valence-electron chi connectivity index (χ3n) is 7.46. The molecule has 2 saturated heterocycles. The van der Waals surface area contributed by atoms with Gasteiger partial charge in [-0.2, -0.15) is 0 Å². The third kappa shape index (κ3) is 4.91. The molecule has 178 valence electrons. The molecule has 1 spiro atoms. The monoisotopic (exact) mass is 456 g/mol. The molecule has 5 heteroatoms. The van der Waals surface area contributed by atoms with Crippen LogP contribution in [-0.2, 0) is 0 Å². The van der Waals surface area contributed by atoms with Gasteiger partial charge in [0, 0.05) is 43.2 Å². The van der Waals surface area contributed by atoms with Gasteiger partial charge in [0.05, 0.1) is 19.3 Å². The molecule has 0 unspecified atom stereocenters. The fourth-order valence-electron chi connectivity index (χ4n) is 5.51. The fourth-order valence-corrected chi connectivity index (χ4v) is 5.51. The van der Waals surface area contributed by atoms with E-state index >= 15 is 0 Å². The molecule has 2 fully saturated rings. The Morgan fingerprint density at radius 2 is 1.47 bits per heavy atom. The van der Waals surface area contributed by atoms with Crippen molar-refractivity contribution in [1.82, 2.24) is 10.2 Å². The molecule has 34 heavy (non-hydrogen) atoms. The van der Waals surface area contributed by atoms with Crippen molar-refractivity contribution in [3.05, 3.63) is 84.9 Å². The molecule has 3 aromatic rings. The first-order chi connectivity index (χ1) is 16.8. The van der Waals surface area contributed by atoms with Gasteiger partial charge in [-0.15, -0.1) is 0 Å². The number of anilines is 3. The van der Waals surface area contributed by atoms with Crippen LogP contribution in [0.15, 0.2) is 84.9 Å². The average Bonchev–Trinajstić information content (AvgIpc) is 3.31. The Hall–Kier alpha value is -3.02. The van der Waals surface area contributed by atoms with Gasteiger partial charge in [0.25, 0.3) is 0 Å². The van der Waals surface area contributed by atoms with Crippen molar-refractivity contribution < 1.29 is 4.74 Å². The van der Waals surface area contributed by atoms with Crippen molar-refractivity contribution in [2.24, 2.45) is 0 Å². The van der Waals surface area contributed by atoms with Gasteiger partial charge >= 0.3 is 0 Å². The largest absolute Gasteiger partial charge is 0.497 e. The molecule has 1 N–H and O–H groups in total. The zero-order valence-electron chi connectivity index (χ0n) is 20.2. The zero-order chi connectivity index (χ0) is 23.2. The number of piperidine rings is 1. The number of nitrogens with zero attached hydrogens (tertiary/aromatic N) is 3. The molecular formula is C29H36N4O. The zero-order valence-corrected chi connectivity index (χ0v) is 20.2. The molecule has 2 aliphatic rings. The van der Waals surface area contributed by atoms with Gasteiger partial charge in [-0.3, -0.25) is 5.32 Å². The number of methoxy groups -OCH3 is 1. The molecule has 0 aromatic heterocycles. The SMILES string of the molecule is COc1ccc(N2CNCC23CCN(CCCN(c2ccccc2)c2ccccc2)CC3)cc1. The number of ether oxygens (including phenoxy) is 1. The molecule has 0 bridgehead atoms. The van der Waals surface area contributed by atoms with E-state index in [2.05, 4.69) is 105 Å². The number of para-hydroxylation sites is 2. The molecule has 2 aliphatic heterocycles. The number of likely N-dealkylation sites (tertiary alicyclic amines) is 1. The second-order valence-corrected chi connectivity index (χ2v) is 9.45. The summed E-state index contributed by atoms with van der Waals surface area (Å²) in [7, 11) is 1.72. The maximum atomic E-state index is 5.35. The van der Waals surface area contributed by atoms with Crippen molar-refractivity contribution in [1.29, 1.82) is 0 Å². The highest BCUT2D eigenvalue weighted by Gasteiger charge is 2.43. The molecule has 0 aliphatic carbocycles. The van der Waals surface area contributed by atoms with Crippen LogP contribution in [0.1, 0.15) is 19.3 Å². The van der Waals surface area contributed by atoms with E-state index < -0.39 is 0 Å². The smallest absolute Gasteiger partial charge is 0.119 e. The van der Waals surface area contributed by atoms with Crippen LogP contribution in [0.2, 0.25) is 0 Å². The maximum Gasteiger partial charge on any atom is 0.119 e. The third-order valence-corrected chi connectivity index (χ3v) is 7.46. The van der Waals surface area contributed by atoms with Crippen LogP contribution < -0.4 is 19.9 Å². The number of hydrogen-bond donors (Lipinski definition) is 1. The Morgan fingerprint density at radius 3 is 2.06 bits per heavy atom. The van der Waals surface area contributed by atoms with Crippen LogP contribution in [-0.4, -0.2) is 56.9 Å². The van der Waals surface area contributed by atoms with Crippen molar-refractivity contribution in [2.75, 3.05) is 56.3 Å². The normalized spacial score (nSPS) is 17.7. The topological polar surface area (TPSA) is 31.0 Å². The highest BCUT2D eigenvalue weighted by atomic mass is 16.5. The van der Waals surface area contributed by atoms with Crippen molar-refractivity contribution >= 4 is 17.1 Å². The highest BCUT2D eigenvalue weighted by molar-refractivity contribution is 5.62. The predicted octanol–water partition coefficient (Wildman–Crippen LogP) is 5.13. The Morgan fingerprint density at radius 1 is 0.853 bits per heavy atom. The van der Waals surface area contributed by atoms with E-state index in [0.717, 1.165) is 51.6 Å². The summed E-state index contributed by atoms with van der Waals surface area (Å²) < 4.78 is 5.35. The van der Waals surface area contributed by atoms with Crippen LogP contribution >= 0.6 is 0 Å². The predicted molar refractivity (Wildman–Crippen MR) is 141 cm³/mol. The van der Waals surface area contributed by atoms with Crippen molar-refractivity contribution in [3.63, 3.8) is 0 Å². The highest BCUT2D eigenvalue weighted by Crippen LogP contribution is 2.36. The van der Waals surface area contributed by atoms with E-state index in [9.17, 15) is 0 Å². The molecule has 5 nitrogen and oxygen atoms in total. The lowest BCUT2D eigenvalue weighted by Crippen LogP contribution is -2.54. The molecule has 0 saturated carbocycles. The van der Waals surface area contributed by atoms with E-state index in [0.29, 0.717) is 0 Å². The molecular weight excluding hydrogens is 420 g/mol. The minimum absolute atomic E-state index is 0.227. The first kappa shape index (κ1) is 22.8. The second kappa shape index (κ2) is 10.5. The summed E-state index contributed by atoms with van der Waals surface area (Å²) in [5, 5.41) is 3.64. The Bertz CT molecular complexity index is 978. The quantitative estimate of drug-likeness (QED) is 0.508. The maximum absolute atomic E-state index is 5.35. The van der Waals surface area contributed by atoms with E-state index in [1.807, 2.05) is 0 Å². The minimum atomic E-state index is 0.227. The minimum Gasteiger partial charge on any atom is -0.497 e. The van der Waals surface area contributed by atoms with Gasteiger partial charge < -0.3 is 19.4 Å². The number of benzene rings is 3. The van der Waals surface area contributed by atoms with Gasteiger partial charge in [0.1, 0.15) is 5.75 Å². The Balaban J connectivity index is 1.17. The summed E-state index contributed by atoms with van der Waals surface area (Å²) in [6, 6.07) is 30.0. The van der Waals surface area contributed by atoms with E-state index in [1.54, 1.807) is 7.11 Å². The lowest BCUT2D eigenvalue weighted by molar-refractivity contribution is 0.168.